The Kier molecular flexibility index (Phi) is 7.42. The third kappa shape index (κ3) is 5.66. The lowest BCUT2D eigenvalue weighted by Crippen LogP contribution is -2.46. The van der Waals surface area contributed by atoms with Crippen LogP contribution in [0.2, 0.25) is 0 Å². The fourth-order valence-electron chi connectivity index (χ4n) is 4.51. The Morgan fingerprint density at radius 2 is 1.65 bits per heavy atom. The van der Waals surface area contributed by atoms with Crippen molar-refractivity contribution in [3.05, 3.63) is 28.8 Å². The number of benzene rings is 1. The van der Waals surface area contributed by atoms with E-state index < -0.39 is 10.0 Å². The highest BCUT2D eigenvalue weighted by Gasteiger charge is 2.37. The van der Waals surface area contributed by atoms with Crippen molar-refractivity contribution in [1.82, 2.24) is 9.21 Å². The molecular formula is C23H34N2O5S. The normalized spacial score (nSPS) is 18.1. The van der Waals surface area contributed by atoms with Crippen LogP contribution in [0, 0.1) is 32.6 Å². The highest BCUT2D eigenvalue weighted by atomic mass is 32.2. The van der Waals surface area contributed by atoms with Crippen LogP contribution in [-0.4, -0.2) is 62.3 Å². The first-order valence-electron chi connectivity index (χ1n) is 11.2. The van der Waals surface area contributed by atoms with Gasteiger partial charge in [0.15, 0.2) is 0 Å². The summed E-state index contributed by atoms with van der Waals surface area (Å²) in [7, 11) is -3.61. The first-order valence-corrected chi connectivity index (χ1v) is 12.6. The molecule has 1 saturated heterocycles. The van der Waals surface area contributed by atoms with Gasteiger partial charge in [-0.1, -0.05) is 17.7 Å². The molecule has 0 radical (unpaired) electrons. The van der Waals surface area contributed by atoms with Gasteiger partial charge in [0.05, 0.1) is 11.5 Å². The van der Waals surface area contributed by atoms with Gasteiger partial charge in [-0.2, -0.15) is 4.31 Å². The molecule has 1 amide bonds. The predicted octanol–water partition coefficient (Wildman–Crippen LogP) is 2.81. The van der Waals surface area contributed by atoms with E-state index in [1.54, 1.807) is 11.8 Å². The molecule has 0 spiro atoms. The lowest BCUT2D eigenvalue weighted by molar-refractivity contribution is -0.150. The number of carbonyl (C=O) groups excluding carboxylic acids is 2. The van der Waals surface area contributed by atoms with Crippen LogP contribution in [0.25, 0.3) is 0 Å². The molecule has 0 atom stereocenters. The summed E-state index contributed by atoms with van der Waals surface area (Å²) >= 11 is 0. The fraction of sp³-hybridized carbons (Fsp3) is 0.652. The number of carbonyl (C=O) groups is 2. The van der Waals surface area contributed by atoms with Crippen LogP contribution in [0.15, 0.2) is 17.0 Å². The van der Waals surface area contributed by atoms with E-state index in [-0.39, 0.29) is 24.3 Å². The van der Waals surface area contributed by atoms with Crippen LogP contribution in [0.3, 0.4) is 0 Å². The highest BCUT2D eigenvalue weighted by molar-refractivity contribution is 7.89. The maximum absolute atomic E-state index is 13.3. The van der Waals surface area contributed by atoms with Gasteiger partial charge in [-0.25, -0.2) is 8.42 Å². The van der Waals surface area contributed by atoms with Crippen molar-refractivity contribution < 1.29 is 22.7 Å². The van der Waals surface area contributed by atoms with Crippen LogP contribution >= 0.6 is 0 Å². The number of esters is 1. The molecule has 1 aromatic carbocycles. The zero-order chi connectivity index (χ0) is 22.8. The first-order chi connectivity index (χ1) is 14.6. The molecule has 0 bridgehead atoms. The quantitative estimate of drug-likeness (QED) is 0.569. The van der Waals surface area contributed by atoms with E-state index in [4.69, 9.17) is 4.74 Å². The monoisotopic (exact) mass is 450 g/mol. The minimum Gasteiger partial charge on any atom is -0.465 e. The second kappa shape index (κ2) is 9.69. The average Bonchev–Trinajstić information content (AvgIpc) is 3.50. The summed E-state index contributed by atoms with van der Waals surface area (Å²) in [6, 6.07) is 3.78. The SMILES string of the molecule is CCOC(=O)CN(CC1CC1)C(=O)C1CCN(S(=O)(=O)c2c(C)cc(C)cc2C)CC1. The van der Waals surface area contributed by atoms with Gasteiger partial charge in [-0.3, -0.25) is 9.59 Å². The van der Waals surface area contributed by atoms with Gasteiger partial charge >= 0.3 is 5.97 Å². The van der Waals surface area contributed by atoms with Gasteiger partial charge in [-0.05, 0) is 70.4 Å². The number of nitrogens with zero attached hydrogens (tertiary/aromatic N) is 2. The lowest BCUT2D eigenvalue weighted by atomic mass is 9.96. The van der Waals surface area contributed by atoms with E-state index in [0.717, 1.165) is 29.5 Å². The van der Waals surface area contributed by atoms with Crippen molar-refractivity contribution in [2.24, 2.45) is 11.8 Å². The summed E-state index contributed by atoms with van der Waals surface area (Å²) in [6.07, 6.45) is 3.09. The molecule has 1 saturated carbocycles. The molecule has 7 nitrogen and oxygen atoms in total. The van der Waals surface area contributed by atoms with E-state index in [1.165, 1.54) is 4.31 Å². The number of aryl methyl sites for hydroxylation is 3. The fourth-order valence-corrected chi connectivity index (χ4v) is 6.39. The van der Waals surface area contributed by atoms with Crippen molar-refractivity contribution in [2.75, 3.05) is 32.8 Å². The topological polar surface area (TPSA) is 84.0 Å². The van der Waals surface area contributed by atoms with Gasteiger partial charge in [0.1, 0.15) is 6.54 Å². The number of amides is 1. The third-order valence-electron chi connectivity index (χ3n) is 6.12. The van der Waals surface area contributed by atoms with Crippen LogP contribution in [-0.2, 0) is 24.3 Å². The van der Waals surface area contributed by atoms with Crippen LogP contribution in [0.4, 0.5) is 0 Å². The molecule has 1 heterocycles. The van der Waals surface area contributed by atoms with Crippen LogP contribution < -0.4 is 0 Å². The predicted molar refractivity (Wildman–Crippen MR) is 118 cm³/mol. The number of hydrogen-bond donors (Lipinski definition) is 0. The Hall–Kier alpha value is -1.93. The standard InChI is InChI=1S/C23H34N2O5S/c1-5-30-21(26)15-24(14-19-6-7-19)23(27)20-8-10-25(11-9-20)31(28,29)22-17(3)12-16(2)13-18(22)4/h12-13,19-20H,5-11,14-15H2,1-4H3. The number of rotatable bonds is 8. The molecule has 2 aliphatic rings. The van der Waals surface area contributed by atoms with Gasteiger partial charge in [-0.15, -0.1) is 0 Å². The summed E-state index contributed by atoms with van der Waals surface area (Å²) in [4.78, 5) is 27.1. The van der Waals surface area contributed by atoms with Crippen molar-refractivity contribution >= 4 is 21.9 Å². The van der Waals surface area contributed by atoms with E-state index in [1.807, 2.05) is 32.9 Å². The Labute approximate surface area is 185 Å². The van der Waals surface area contributed by atoms with E-state index in [9.17, 15) is 18.0 Å². The molecule has 1 aliphatic heterocycles. The molecule has 1 aromatic rings. The van der Waals surface area contributed by atoms with Crippen molar-refractivity contribution in [3.63, 3.8) is 0 Å². The summed E-state index contributed by atoms with van der Waals surface area (Å²) in [5.74, 6) is -0.243. The van der Waals surface area contributed by atoms with Gasteiger partial charge in [0, 0.05) is 25.6 Å². The Morgan fingerprint density at radius 1 is 1.06 bits per heavy atom. The van der Waals surface area contributed by atoms with E-state index in [0.29, 0.717) is 49.9 Å². The third-order valence-corrected chi connectivity index (χ3v) is 8.32. The van der Waals surface area contributed by atoms with Gasteiger partial charge < -0.3 is 9.64 Å². The van der Waals surface area contributed by atoms with Crippen LogP contribution in [0.5, 0.6) is 0 Å². The molecule has 8 heteroatoms. The lowest BCUT2D eigenvalue weighted by Gasteiger charge is -2.34. The zero-order valence-electron chi connectivity index (χ0n) is 19.0. The van der Waals surface area contributed by atoms with Crippen molar-refractivity contribution in [1.29, 1.82) is 0 Å². The molecule has 0 aromatic heterocycles. The summed E-state index contributed by atoms with van der Waals surface area (Å²) in [5, 5.41) is 0. The summed E-state index contributed by atoms with van der Waals surface area (Å²) < 4.78 is 33.1. The van der Waals surface area contributed by atoms with E-state index >= 15 is 0 Å². The number of hydrogen-bond acceptors (Lipinski definition) is 5. The number of ether oxygens (including phenoxy) is 1. The maximum Gasteiger partial charge on any atom is 0.325 e. The Balaban J connectivity index is 1.67. The second-order valence-corrected chi connectivity index (χ2v) is 10.7. The molecule has 172 valence electrons. The minimum atomic E-state index is -3.61. The first kappa shape index (κ1) is 23.7. The van der Waals surface area contributed by atoms with E-state index in [2.05, 4.69) is 0 Å². The largest absolute Gasteiger partial charge is 0.465 e. The molecule has 0 unspecified atom stereocenters. The highest BCUT2D eigenvalue weighted by Crippen LogP contribution is 2.32. The number of sulfonamides is 1. The average molecular weight is 451 g/mol. The smallest absolute Gasteiger partial charge is 0.325 e. The van der Waals surface area contributed by atoms with Crippen molar-refractivity contribution in [2.45, 2.75) is 58.3 Å². The number of piperidine rings is 1. The van der Waals surface area contributed by atoms with Gasteiger partial charge in [0.25, 0.3) is 0 Å². The Morgan fingerprint density at radius 3 is 2.16 bits per heavy atom. The summed E-state index contributed by atoms with van der Waals surface area (Å²) in [5.41, 5.74) is 2.54. The van der Waals surface area contributed by atoms with Crippen molar-refractivity contribution in [3.8, 4) is 0 Å². The van der Waals surface area contributed by atoms with Gasteiger partial charge in [0.2, 0.25) is 15.9 Å². The molecule has 1 aliphatic carbocycles. The zero-order valence-corrected chi connectivity index (χ0v) is 19.8. The molecule has 3 rings (SSSR count). The minimum absolute atomic E-state index is 0.0244. The molecule has 0 N–H and O–H groups in total. The maximum atomic E-state index is 13.3. The second-order valence-electron chi connectivity index (χ2n) is 8.87. The Bertz CT molecular complexity index is 908. The molecule has 2 fully saturated rings. The van der Waals surface area contributed by atoms with Crippen LogP contribution in [0.1, 0.15) is 49.3 Å². The molecular weight excluding hydrogens is 416 g/mol. The summed E-state index contributed by atoms with van der Waals surface area (Å²) in [6.45, 7) is 8.82. The molecule has 31 heavy (non-hydrogen) atoms.